The predicted octanol–water partition coefficient (Wildman–Crippen LogP) is -0.179. The summed E-state index contributed by atoms with van der Waals surface area (Å²) in [5, 5.41) is 8.95. The molecule has 1 N–H and O–H groups in total. The second-order valence-corrected chi connectivity index (χ2v) is 7.66. The zero-order chi connectivity index (χ0) is 15.5. The fourth-order valence-electron chi connectivity index (χ4n) is 3.08. The van der Waals surface area contributed by atoms with Crippen molar-refractivity contribution in [2.75, 3.05) is 39.9 Å². The van der Waals surface area contributed by atoms with Crippen molar-refractivity contribution < 1.29 is 23.1 Å². The molecular weight excluding hydrogens is 296 g/mol. The number of carbonyl (C=O) groups excluding carboxylic acids is 1. The lowest BCUT2D eigenvalue weighted by molar-refractivity contribution is -0.146. The summed E-state index contributed by atoms with van der Waals surface area (Å²) in [6, 6.07) is 0. The van der Waals surface area contributed by atoms with Gasteiger partial charge in [-0.05, 0) is 31.6 Å². The number of carbonyl (C=O) groups is 1. The van der Waals surface area contributed by atoms with Gasteiger partial charge in [0, 0.05) is 32.8 Å². The summed E-state index contributed by atoms with van der Waals surface area (Å²) >= 11 is 0. The molecule has 0 aromatic carbocycles. The Morgan fingerprint density at radius 1 is 1.19 bits per heavy atom. The Bertz CT molecular complexity index is 459. The molecular formula is C13H24N2O5S. The fourth-order valence-corrected chi connectivity index (χ4v) is 4.81. The summed E-state index contributed by atoms with van der Waals surface area (Å²) in [7, 11) is -2.08. The molecule has 0 radical (unpaired) electrons. The van der Waals surface area contributed by atoms with Crippen LogP contribution in [0.25, 0.3) is 0 Å². The Labute approximate surface area is 126 Å². The highest BCUT2D eigenvalue weighted by molar-refractivity contribution is 7.86. The number of aliphatic hydroxyl groups excluding tert-OH is 1. The second-order valence-electron chi connectivity index (χ2n) is 5.73. The highest BCUT2D eigenvalue weighted by atomic mass is 32.2. The monoisotopic (exact) mass is 320 g/mol. The SMILES string of the molecule is COC(=O)C1CCN(S(=O)(=O)N2CCC(CCO)C2)CC1. The molecule has 21 heavy (non-hydrogen) atoms. The molecule has 0 aliphatic carbocycles. The van der Waals surface area contributed by atoms with E-state index in [0.717, 1.165) is 6.42 Å². The van der Waals surface area contributed by atoms with Gasteiger partial charge in [-0.25, -0.2) is 0 Å². The number of rotatable bonds is 5. The van der Waals surface area contributed by atoms with Crippen molar-refractivity contribution in [2.45, 2.75) is 25.7 Å². The molecule has 0 bridgehead atoms. The van der Waals surface area contributed by atoms with E-state index < -0.39 is 10.2 Å². The maximum Gasteiger partial charge on any atom is 0.308 e. The number of aliphatic hydroxyl groups is 1. The number of methoxy groups -OCH3 is 1. The van der Waals surface area contributed by atoms with Gasteiger partial charge in [0.15, 0.2) is 0 Å². The first kappa shape index (κ1) is 16.7. The van der Waals surface area contributed by atoms with Crippen LogP contribution in [0.2, 0.25) is 0 Å². The first-order valence-corrected chi connectivity index (χ1v) is 8.82. The number of ether oxygens (including phenoxy) is 1. The highest BCUT2D eigenvalue weighted by Crippen LogP contribution is 2.27. The third-order valence-corrected chi connectivity index (χ3v) is 6.43. The van der Waals surface area contributed by atoms with Crippen molar-refractivity contribution >= 4 is 16.2 Å². The predicted molar refractivity (Wildman–Crippen MR) is 76.6 cm³/mol. The molecule has 0 amide bonds. The maximum absolute atomic E-state index is 12.6. The molecule has 7 nitrogen and oxygen atoms in total. The third-order valence-electron chi connectivity index (χ3n) is 4.43. The van der Waals surface area contributed by atoms with E-state index in [1.807, 2.05) is 0 Å². The van der Waals surface area contributed by atoms with Crippen molar-refractivity contribution in [1.29, 1.82) is 0 Å². The molecule has 0 spiro atoms. The summed E-state index contributed by atoms with van der Waals surface area (Å²) in [4.78, 5) is 11.5. The van der Waals surface area contributed by atoms with E-state index in [-0.39, 0.29) is 24.4 Å². The molecule has 1 atom stereocenters. The number of hydrogen-bond acceptors (Lipinski definition) is 5. The van der Waals surface area contributed by atoms with E-state index >= 15 is 0 Å². The molecule has 2 aliphatic heterocycles. The largest absolute Gasteiger partial charge is 0.469 e. The number of hydrogen-bond donors (Lipinski definition) is 1. The Balaban J connectivity index is 1.91. The quantitative estimate of drug-likeness (QED) is 0.710. The lowest BCUT2D eigenvalue weighted by Crippen LogP contribution is -2.47. The van der Waals surface area contributed by atoms with Crippen LogP contribution in [0.5, 0.6) is 0 Å². The summed E-state index contributed by atoms with van der Waals surface area (Å²) in [5.41, 5.74) is 0. The summed E-state index contributed by atoms with van der Waals surface area (Å²) in [6.45, 7) is 1.83. The van der Waals surface area contributed by atoms with Gasteiger partial charge in [0.2, 0.25) is 0 Å². The fraction of sp³-hybridized carbons (Fsp3) is 0.923. The minimum atomic E-state index is -3.44. The van der Waals surface area contributed by atoms with Crippen LogP contribution in [0, 0.1) is 11.8 Å². The molecule has 2 rings (SSSR count). The zero-order valence-electron chi connectivity index (χ0n) is 12.4. The molecule has 0 saturated carbocycles. The van der Waals surface area contributed by atoms with E-state index in [4.69, 9.17) is 9.84 Å². The minimum Gasteiger partial charge on any atom is -0.469 e. The molecule has 8 heteroatoms. The normalized spacial score (nSPS) is 26.1. The van der Waals surface area contributed by atoms with Gasteiger partial charge in [-0.2, -0.15) is 17.0 Å². The first-order valence-electron chi connectivity index (χ1n) is 7.43. The molecule has 2 heterocycles. The molecule has 2 saturated heterocycles. The van der Waals surface area contributed by atoms with Gasteiger partial charge in [0.25, 0.3) is 10.2 Å². The molecule has 2 aliphatic rings. The second kappa shape index (κ2) is 7.04. The van der Waals surface area contributed by atoms with Crippen molar-refractivity contribution in [3.05, 3.63) is 0 Å². The lowest BCUT2D eigenvalue weighted by Gasteiger charge is -2.32. The first-order chi connectivity index (χ1) is 9.98. The molecule has 1 unspecified atom stereocenters. The third kappa shape index (κ3) is 3.74. The Morgan fingerprint density at radius 3 is 2.38 bits per heavy atom. The average Bonchev–Trinajstić information content (AvgIpc) is 2.96. The van der Waals surface area contributed by atoms with Crippen LogP contribution in [0.4, 0.5) is 0 Å². The molecule has 122 valence electrons. The number of nitrogens with zero attached hydrogens (tertiary/aromatic N) is 2. The topological polar surface area (TPSA) is 87.2 Å². The zero-order valence-corrected chi connectivity index (χ0v) is 13.2. The van der Waals surface area contributed by atoms with Gasteiger partial charge < -0.3 is 9.84 Å². The van der Waals surface area contributed by atoms with Gasteiger partial charge in [0.05, 0.1) is 13.0 Å². The lowest BCUT2D eigenvalue weighted by atomic mass is 9.99. The number of esters is 1. The standard InChI is InChI=1S/C13H24N2O5S/c1-20-13(17)12-3-7-14(8-4-12)21(18,19)15-6-2-11(10-15)5-9-16/h11-12,16H,2-10H2,1H3. The van der Waals surface area contributed by atoms with Crippen LogP contribution in [0.15, 0.2) is 0 Å². The molecule has 0 aromatic heterocycles. The van der Waals surface area contributed by atoms with Crippen LogP contribution in [-0.4, -0.2) is 68.0 Å². The van der Waals surface area contributed by atoms with Gasteiger partial charge in [-0.1, -0.05) is 0 Å². The smallest absolute Gasteiger partial charge is 0.308 e. The van der Waals surface area contributed by atoms with Gasteiger partial charge in [-0.15, -0.1) is 0 Å². The van der Waals surface area contributed by atoms with Gasteiger partial charge in [-0.3, -0.25) is 4.79 Å². The molecule has 0 aromatic rings. The summed E-state index contributed by atoms with van der Waals surface area (Å²) in [5.74, 6) is -0.198. The van der Waals surface area contributed by atoms with Crippen LogP contribution in [0.3, 0.4) is 0 Å². The minimum absolute atomic E-state index is 0.100. The van der Waals surface area contributed by atoms with Crippen LogP contribution >= 0.6 is 0 Å². The average molecular weight is 320 g/mol. The Hall–Kier alpha value is -0.700. The number of piperidine rings is 1. The van der Waals surface area contributed by atoms with E-state index in [9.17, 15) is 13.2 Å². The Morgan fingerprint density at radius 2 is 1.81 bits per heavy atom. The maximum atomic E-state index is 12.6. The van der Waals surface area contributed by atoms with Gasteiger partial charge in [0.1, 0.15) is 0 Å². The van der Waals surface area contributed by atoms with E-state index in [0.29, 0.717) is 45.4 Å². The van der Waals surface area contributed by atoms with Crippen LogP contribution in [-0.2, 0) is 19.7 Å². The van der Waals surface area contributed by atoms with E-state index in [1.165, 1.54) is 15.7 Å². The highest BCUT2D eigenvalue weighted by Gasteiger charge is 2.38. The van der Waals surface area contributed by atoms with Gasteiger partial charge >= 0.3 is 5.97 Å². The van der Waals surface area contributed by atoms with Crippen molar-refractivity contribution in [3.8, 4) is 0 Å². The van der Waals surface area contributed by atoms with Crippen molar-refractivity contribution in [1.82, 2.24) is 8.61 Å². The summed E-state index contributed by atoms with van der Waals surface area (Å²) in [6.07, 6.45) is 2.48. The van der Waals surface area contributed by atoms with E-state index in [2.05, 4.69) is 0 Å². The van der Waals surface area contributed by atoms with Crippen LogP contribution in [0.1, 0.15) is 25.7 Å². The van der Waals surface area contributed by atoms with E-state index in [1.54, 1.807) is 0 Å². The van der Waals surface area contributed by atoms with Crippen molar-refractivity contribution in [2.24, 2.45) is 11.8 Å². The summed E-state index contributed by atoms with van der Waals surface area (Å²) < 4.78 is 32.8. The van der Waals surface area contributed by atoms with Crippen molar-refractivity contribution in [3.63, 3.8) is 0 Å². The molecule has 2 fully saturated rings. The van der Waals surface area contributed by atoms with Crippen LogP contribution < -0.4 is 0 Å². The Kier molecular flexibility index (Phi) is 5.59.